The lowest BCUT2D eigenvalue weighted by molar-refractivity contribution is 0.145. The van der Waals surface area contributed by atoms with Gasteiger partial charge in [-0.2, -0.15) is 8.42 Å². The second-order valence-electron chi connectivity index (χ2n) is 2.70. The third-order valence-corrected chi connectivity index (χ3v) is 3.79. The molecule has 0 aromatic heterocycles. The Morgan fingerprint density at radius 2 is 1.79 bits per heavy atom. The molecule has 0 unspecified atom stereocenters. The van der Waals surface area contributed by atoms with Crippen LogP contribution in [0.5, 0.6) is 0 Å². The quantitative estimate of drug-likeness (QED) is 0.276. The van der Waals surface area contributed by atoms with Crippen molar-refractivity contribution in [3.63, 3.8) is 0 Å². The van der Waals surface area contributed by atoms with Crippen molar-refractivity contribution >= 4 is 10.1 Å². The molecule has 0 aliphatic heterocycles. The van der Waals surface area contributed by atoms with Crippen LogP contribution in [0.4, 0.5) is 0 Å². The van der Waals surface area contributed by atoms with Crippen LogP contribution in [0.15, 0.2) is 0 Å². The molecular formula is C6H15NO6S. The lowest BCUT2D eigenvalue weighted by Gasteiger charge is -2.27. The van der Waals surface area contributed by atoms with Crippen LogP contribution in [0.1, 0.15) is 0 Å². The maximum absolute atomic E-state index is 11.3. The topological polar surface area (TPSA) is 116 Å². The fourth-order valence-corrected chi connectivity index (χ4v) is 1.82. The molecule has 0 amide bonds. The van der Waals surface area contributed by atoms with Gasteiger partial charge >= 0.3 is 0 Å². The molecule has 4 N–H and O–H groups in total. The van der Waals surface area contributed by atoms with Gasteiger partial charge in [0.15, 0.2) is 4.75 Å². The summed E-state index contributed by atoms with van der Waals surface area (Å²) in [5, 5.41) is 28.6. The van der Waals surface area contributed by atoms with E-state index in [1.165, 1.54) is 0 Å². The van der Waals surface area contributed by atoms with Crippen LogP contribution < -0.4 is 5.32 Å². The molecule has 0 fully saturated rings. The highest BCUT2D eigenvalue weighted by atomic mass is 32.2. The lowest BCUT2D eigenvalue weighted by atomic mass is 10.1. The third-order valence-electron chi connectivity index (χ3n) is 1.89. The molecule has 0 aromatic rings. The Morgan fingerprint density at radius 1 is 1.29 bits per heavy atom. The molecule has 0 atom stereocenters. The van der Waals surface area contributed by atoms with Gasteiger partial charge in [-0.1, -0.05) is 0 Å². The fourth-order valence-electron chi connectivity index (χ4n) is 0.869. The summed E-state index contributed by atoms with van der Waals surface area (Å²) in [6.45, 7) is -2.35. The van der Waals surface area contributed by atoms with Gasteiger partial charge in [0.1, 0.15) is 0 Å². The van der Waals surface area contributed by atoms with Crippen molar-refractivity contribution in [2.45, 2.75) is 4.75 Å². The van der Waals surface area contributed by atoms with Crippen LogP contribution >= 0.6 is 0 Å². The summed E-state index contributed by atoms with van der Waals surface area (Å²) in [6.07, 6.45) is 0. The first-order valence-corrected chi connectivity index (χ1v) is 5.24. The van der Waals surface area contributed by atoms with Crippen molar-refractivity contribution in [3.05, 3.63) is 0 Å². The van der Waals surface area contributed by atoms with E-state index in [1.807, 2.05) is 0 Å². The van der Waals surface area contributed by atoms with Crippen molar-refractivity contribution < 1.29 is 27.9 Å². The van der Waals surface area contributed by atoms with E-state index >= 15 is 0 Å². The zero-order valence-corrected chi connectivity index (χ0v) is 8.62. The minimum Gasteiger partial charge on any atom is -0.394 e. The SMILES string of the molecule is COS(=O)(=O)C(CO)(CO)CNCO. The van der Waals surface area contributed by atoms with E-state index in [9.17, 15) is 8.42 Å². The Balaban J connectivity index is 4.87. The van der Waals surface area contributed by atoms with E-state index in [0.29, 0.717) is 0 Å². The van der Waals surface area contributed by atoms with Gasteiger partial charge in [0, 0.05) is 6.54 Å². The molecule has 86 valence electrons. The van der Waals surface area contributed by atoms with Crippen LogP contribution in [0.25, 0.3) is 0 Å². The molecule has 8 heteroatoms. The molecule has 0 rings (SSSR count). The van der Waals surface area contributed by atoms with Crippen molar-refractivity contribution in [2.24, 2.45) is 0 Å². The fraction of sp³-hybridized carbons (Fsp3) is 1.00. The number of nitrogens with one attached hydrogen (secondary N) is 1. The standard InChI is InChI=1S/C6H15NO6S/c1-13-14(11,12)6(3-8,4-9)2-7-5-10/h7-10H,2-5H2,1H3. The lowest BCUT2D eigenvalue weighted by Crippen LogP contribution is -2.53. The summed E-state index contributed by atoms with van der Waals surface area (Å²) < 4.78 is 25.0. The molecule has 0 aromatic carbocycles. The molecule has 7 nitrogen and oxygen atoms in total. The van der Waals surface area contributed by atoms with Crippen LogP contribution in [-0.4, -0.2) is 62.1 Å². The number of aliphatic hydroxyl groups is 3. The first-order chi connectivity index (χ1) is 6.49. The Bertz CT molecular complexity index is 247. The van der Waals surface area contributed by atoms with Crippen LogP contribution in [0.3, 0.4) is 0 Å². The number of aliphatic hydroxyl groups excluding tert-OH is 3. The average Bonchev–Trinajstić information content (AvgIpc) is 2.20. The maximum Gasteiger partial charge on any atom is 0.278 e. The van der Waals surface area contributed by atoms with E-state index < -0.39 is 34.8 Å². The van der Waals surface area contributed by atoms with Crippen LogP contribution in [0.2, 0.25) is 0 Å². The van der Waals surface area contributed by atoms with Crippen molar-refractivity contribution in [1.82, 2.24) is 5.32 Å². The smallest absolute Gasteiger partial charge is 0.278 e. The summed E-state index contributed by atoms with van der Waals surface area (Å²) in [5.41, 5.74) is 0. The monoisotopic (exact) mass is 229 g/mol. The van der Waals surface area contributed by atoms with Gasteiger partial charge in [0.05, 0.1) is 27.1 Å². The van der Waals surface area contributed by atoms with Crippen LogP contribution in [-0.2, 0) is 14.3 Å². The van der Waals surface area contributed by atoms with E-state index in [1.54, 1.807) is 0 Å². The van der Waals surface area contributed by atoms with Gasteiger partial charge in [-0.3, -0.25) is 9.50 Å². The molecule has 0 spiro atoms. The van der Waals surface area contributed by atoms with E-state index in [2.05, 4.69) is 9.50 Å². The zero-order valence-electron chi connectivity index (χ0n) is 7.80. The average molecular weight is 229 g/mol. The second kappa shape index (κ2) is 5.59. The van der Waals surface area contributed by atoms with Gasteiger partial charge in [-0.05, 0) is 0 Å². The highest BCUT2D eigenvalue weighted by molar-refractivity contribution is 7.88. The molecule has 14 heavy (non-hydrogen) atoms. The molecule has 0 radical (unpaired) electrons. The van der Waals surface area contributed by atoms with Crippen molar-refractivity contribution in [3.8, 4) is 0 Å². The molecule has 0 aliphatic carbocycles. The Hall–Kier alpha value is -0.250. The van der Waals surface area contributed by atoms with E-state index in [4.69, 9.17) is 15.3 Å². The molecule has 0 aliphatic rings. The highest BCUT2D eigenvalue weighted by Crippen LogP contribution is 2.17. The first-order valence-electron chi connectivity index (χ1n) is 3.83. The first kappa shape index (κ1) is 13.8. The van der Waals surface area contributed by atoms with Gasteiger partial charge in [-0.25, -0.2) is 0 Å². The van der Waals surface area contributed by atoms with E-state index in [0.717, 1.165) is 7.11 Å². The molecular weight excluding hydrogens is 214 g/mol. The molecule has 0 bridgehead atoms. The summed E-state index contributed by atoms with van der Waals surface area (Å²) in [4.78, 5) is 0. The summed E-state index contributed by atoms with van der Waals surface area (Å²) in [6, 6.07) is 0. The number of hydrogen-bond donors (Lipinski definition) is 4. The normalized spacial score (nSPS) is 13.1. The summed E-state index contributed by atoms with van der Waals surface area (Å²) in [5.74, 6) is 0. The second-order valence-corrected chi connectivity index (χ2v) is 4.81. The van der Waals surface area contributed by atoms with Gasteiger partial charge < -0.3 is 15.3 Å². The Morgan fingerprint density at radius 3 is 2.07 bits per heavy atom. The summed E-state index contributed by atoms with van der Waals surface area (Å²) >= 11 is 0. The molecule has 0 heterocycles. The maximum atomic E-state index is 11.3. The molecule has 0 saturated carbocycles. The third kappa shape index (κ3) is 2.62. The van der Waals surface area contributed by atoms with Gasteiger partial charge in [0.2, 0.25) is 0 Å². The van der Waals surface area contributed by atoms with Gasteiger partial charge in [0.25, 0.3) is 10.1 Å². The highest BCUT2D eigenvalue weighted by Gasteiger charge is 2.43. The number of hydrogen-bond acceptors (Lipinski definition) is 7. The Kier molecular flexibility index (Phi) is 5.49. The van der Waals surface area contributed by atoms with Gasteiger partial charge in [-0.15, -0.1) is 0 Å². The zero-order chi connectivity index (χ0) is 11.2. The minimum absolute atomic E-state index is 0.299. The predicted molar refractivity (Wildman–Crippen MR) is 47.9 cm³/mol. The largest absolute Gasteiger partial charge is 0.394 e. The molecule has 0 saturated heterocycles. The van der Waals surface area contributed by atoms with E-state index in [-0.39, 0.29) is 6.54 Å². The Labute approximate surface area is 82.4 Å². The van der Waals surface area contributed by atoms with Crippen LogP contribution in [0, 0.1) is 0 Å². The minimum atomic E-state index is -4.07. The predicted octanol–water partition coefficient (Wildman–Crippen LogP) is -2.77. The summed E-state index contributed by atoms with van der Waals surface area (Å²) in [7, 11) is -3.13. The van der Waals surface area contributed by atoms with Crippen molar-refractivity contribution in [2.75, 3.05) is 33.6 Å². The van der Waals surface area contributed by atoms with Crippen molar-refractivity contribution in [1.29, 1.82) is 0 Å². The number of rotatable bonds is 7.